The third-order valence-electron chi connectivity index (χ3n) is 4.76. The third-order valence-corrected chi connectivity index (χ3v) is 4.99. The third kappa shape index (κ3) is 3.78. The number of aromatic nitrogens is 3. The number of amides is 1. The fourth-order valence-electron chi connectivity index (χ4n) is 3.47. The van der Waals surface area contributed by atoms with Crippen molar-refractivity contribution in [2.24, 2.45) is 5.92 Å². The van der Waals surface area contributed by atoms with Crippen molar-refractivity contribution >= 4 is 23.5 Å². The summed E-state index contributed by atoms with van der Waals surface area (Å²) in [6, 6.07) is 15.8. The fourth-order valence-corrected chi connectivity index (χ4v) is 3.66. The first-order valence-electron chi connectivity index (χ1n) is 8.72. The summed E-state index contributed by atoms with van der Waals surface area (Å²) in [5, 5.41) is 10.3. The molecule has 26 heavy (non-hydrogen) atoms. The van der Waals surface area contributed by atoms with Crippen molar-refractivity contribution in [3.8, 4) is 11.4 Å². The summed E-state index contributed by atoms with van der Waals surface area (Å²) in [6.45, 7) is 0. The molecule has 1 aromatic heterocycles. The second-order valence-electron chi connectivity index (χ2n) is 6.65. The highest BCUT2D eigenvalue weighted by Gasteiger charge is 2.21. The first kappa shape index (κ1) is 16.8. The van der Waals surface area contributed by atoms with Crippen LogP contribution in [0.4, 0.5) is 5.95 Å². The topological polar surface area (TPSA) is 70.7 Å². The molecule has 1 atom stereocenters. The lowest BCUT2D eigenvalue weighted by Crippen LogP contribution is -2.22. The highest BCUT2D eigenvalue weighted by Crippen LogP contribution is 2.27. The van der Waals surface area contributed by atoms with Crippen LogP contribution in [0.2, 0.25) is 5.02 Å². The Morgan fingerprint density at radius 1 is 1.19 bits per heavy atom. The van der Waals surface area contributed by atoms with Gasteiger partial charge in [0.05, 0.1) is 0 Å². The van der Waals surface area contributed by atoms with Crippen LogP contribution in [-0.4, -0.2) is 21.1 Å². The molecule has 0 spiro atoms. The number of benzene rings is 2. The molecular formula is C20H19ClN4O. The molecule has 1 aliphatic rings. The van der Waals surface area contributed by atoms with Crippen molar-refractivity contribution < 1.29 is 4.79 Å². The van der Waals surface area contributed by atoms with Crippen molar-refractivity contribution in [1.29, 1.82) is 0 Å². The molecule has 2 aromatic carbocycles. The zero-order valence-corrected chi connectivity index (χ0v) is 15.0. The van der Waals surface area contributed by atoms with Gasteiger partial charge >= 0.3 is 0 Å². The standard InChI is InChI=1S/C20H19ClN4O/c21-17-7-3-6-16(12-17)19-23-20(25-24-19)22-18(26)11-13-8-9-14-4-1-2-5-15(14)10-13/h1-7,12-13H,8-11H2,(H2,22,23,24,25,26). The van der Waals surface area contributed by atoms with Gasteiger partial charge in [-0.1, -0.05) is 48.0 Å². The summed E-state index contributed by atoms with van der Waals surface area (Å²) in [6.07, 6.45) is 3.50. The molecule has 4 rings (SSSR count). The van der Waals surface area contributed by atoms with Gasteiger partial charge in [0.25, 0.3) is 0 Å². The lowest BCUT2D eigenvalue weighted by Gasteiger charge is -2.23. The highest BCUT2D eigenvalue weighted by atomic mass is 35.5. The molecule has 0 radical (unpaired) electrons. The summed E-state index contributed by atoms with van der Waals surface area (Å²) in [5.41, 5.74) is 3.59. The average Bonchev–Trinajstić information content (AvgIpc) is 3.10. The molecule has 0 saturated carbocycles. The van der Waals surface area contributed by atoms with Crippen molar-refractivity contribution in [3.05, 3.63) is 64.7 Å². The first-order chi connectivity index (χ1) is 12.7. The number of aryl methyl sites for hydroxylation is 1. The maximum atomic E-state index is 12.4. The number of halogens is 1. The van der Waals surface area contributed by atoms with Crippen LogP contribution in [0.15, 0.2) is 48.5 Å². The van der Waals surface area contributed by atoms with E-state index in [2.05, 4.69) is 44.8 Å². The number of anilines is 1. The number of carbonyl (C=O) groups excluding carboxylic acids is 1. The van der Waals surface area contributed by atoms with Crippen molar-refractivity contribution in [1.82, 2.24) is 15.2 Å². The largest absolute Gasteiger partial charge is 0.293 e. The van der Waals surface area contributed by atoms with E-state index in [4.69, 9.17) is 11.6 Å². The van der Waals surface area contributed by atoms with Gasteiger partial charge in [0.2, 0.25) is 11.9 Å². The molecular weight excluding hydrogens is 348 g/mol. The van der Waals surface area contributed by atoms with E-state index in [1.165, 1.54) is 11.1 Å². The molecule has 1 amide bonds. The number of H-pyrrole nitrogens is 1. The SMILES string of the molecule is O=C(CC1CCc2ccccc2C1)Nc1n[nH]c(-c2cccc(Cl)c2)n1. The Morgan fingerprint density at radius 3 is 2.88 bits per heavy atom. The van der Waals surface area contributed by atoms with Crippen LogP contribution in [0.3, 0.4) is 0 Å². The van der Waals surface area contributed by atoms with Gasteiger partial charge in [-0.2, -0.15) is 4.98 Å². The smallest absolute Gasteiger partial charge is 0.249 e. The summed E-state index contributed by atoms with van der Waals surface area (Å²) < 4.78 is 0. The Balaban J connectivity index is 1.37. The Hall–Kier alpha value is -2.66. The van der Waals surface area contributed by atoms with Crippen LogP contribution in [0.1, 0.15) is 24.0 Å². The van der Waals surface area contributed by atoms with E-state index < -0.39 is 0 Å². The number of fused-ring (bicyclic) bond motifs is 1. The number of aromatic amines is 1. The summed E-state index contributed by atoms with van der Waals surface area (Å²) >= 11 is 6.00. The minimum absolute atomic E-state index is 0.0500. The number of rotatable bonds is 4. The Bertz CT molecular complexity index is 937. The summed E-state index contributed by atoms with van der Waals surface area (Å²) in [7, 11) is 0. The van der Waals surface area contributed by atoms with Gasteiger partial charge in [-0.25, -0.2) is 0 Å². The van der Waals surface area contributed by atoms with Gasteiger partial charge in [-0.3, -0.25) is 15.2 Å². The van der Waals surface area contributed by atoms with Gasteiger partial charge in [-0.15, -0.1) is 5.10 Å². The predicted octanol–water partition coefficient (Wildman–Crippen LogP) is 4.26. The van der Waals surface area contributed by atoms with Crippen molar-refractivity contribution in [2.45, 2.75) is 25.7 Å². The molecule has 5 nitrogen and oxygen atoms in total. The minimum atomic E-state index is -0.0500. The van der Waals surface area contributed by atoms with Crippen LogP contribution in [0.5, 0.6) is 0 Å². The van der Waals surface area contributed by atoms with E-state index in [9.17, 15) is 4.79 Å². The van der Waals surface area contributed by atoms with Gasteiger partial charge in [0.1, 0.15) is 0 Å². The van der Waals surface area contributed by atoms with Crippen molar-refractivity contribution in [3.63, 3.8) is 0 Å². The number of carbonyl (C=O) groups is 1. The van der Waals surface area contributed by atoms with Gasteiger partial charge < -0.3 is 0 Å². The zero-order valence-electron chi connectivity index (χ0n) is 14.2. The fraction of sp³-hybridized carbons (Fsp3) is 0.250. The molecule has 132 valence electrons. The number of nitrogens with zero attached hydrogens (tertiary/aromatic N) is 2. The van der Waals surface area contributed by atoms with E-state index >= 15 is 0 Å². The average molecular weight is 367 g/mol. The van der Waals surface area contributed by atoms with Gasteiger partial charge in [0.15, 0.2) is 5.82 Å². The van der Waals surface area contributed by atoms with Crippen LogP contribution >= 0.6 is 11.6 Å². The Morgan fingerprint density at radius 2 is 2.04 bits per heavy atom. The molecule has 6 heteroatoms. The maximum absolute atomic E-state index is 12.4. The van der Waals surface area contributed by atoms with E-state index in [-0.39, 0.29) is 5.91 Å². The predicted molar refractivity (Wildman–Crippen MR) is 102 cm³/mol. The van der Waals surface area contributed by atoms with Crippen LogP contribution in [-0.2, 0) is 17.6 Å². The second kappa shape index (κ2) is 7.30. The molecule has 3 aromatic rings. The first-order valence-corrected chi connectivity index (χ1v) is 9.10. The maximum Gasteiger partial charge on any atom is 0.249 e. The Kier molecular flexibility index (Phi) is 4.71. The normalized spacial score (nSPS) is 16.1. The molecule has 2 N–H and O–H groups in total. The molecule has 0 saturated heterocycles. The minimum Gasteiger partial charge on any atom is -0.293 e. The lowest BCUT2D eigenvalue weighted by molar-refractivity contribution is -0.117. The van der Waals surface area contributed by atoms with Crippen LogP contribution in [0, 0.1) is 5.92 Å². The van der Waals surface area contributed by atoms with E-state index in [1.54, 1.807) is 12.1 Å². The second-order valence-corrected chi connectivity index (χ2v) is 7.08. The number of nitrogens with one attached hydrogen (secondary N) is 2. The number of hydrogen-bond acceptors (Lipinski definition) is 3. The van der Waals surface area contributed by atoms with E-state index in [1.807, 2.05) is 12.1 Å². The van der Waals surface area contributed by atoms with Gasteiger partial charge in [0, 0.05) is 17.0 Å². The Labute approximate surface area is 156 Å². The van der Waals surface area contributed by atoms with E-state index in [0.717, 1.165) is 24.8 Å². The van der Waals surface area contributed by atoms with E-state index in [0.29, 0.717) is 29.1 Å². The molecule has 0 aliphatic heterocycles. The summed E-state index contributed by atoms with van der Waals surface area (Å²) in [4.78, 5) is 16.7. The highest BCUT2D eigenvalue weighted by molar-refractivity contribution is 6.30. The molecule has 0 fully saturated rings. The van der Waals surface area contributed by atoms with Crippen molar-refractivity contribution in [2.75, 3.05) is 5.32 Å². The van der Waals surface area contributed by atoms with Crippen LogP contribution in [0.25, 0.3) is 11.4 Å². The monoisotopic (exact) mass is 366 g/mol. The molecule has 1 heterocycles. The van der Waals surface area contributed by atoms with Crippen LogP contribution < -0.4 is 5.32 Å². The van der Waals surface area contributed by atoms with Gasteiger partial charge in [-0.05, 0) is 48.4 Å². The zero-order chi connectivity index (χ0) is 17.9. The lowest BCUT2D eigenvalue weighted by atomic mass is 9.82. The summed E-state index contributed by atoms with van der Waals surface area (Å²) in [5.74, 6) is 1.18. The molecule has 1 unspecified atom stereocenters. The molecule has 0 bridgehead atoms. The number of hydrogen-bond donors (Lipinski definition) is 2. The molecule has 1 aliphatic carbocycles. The quantitative estimate of drug-likeness (QED) is 0.724.